The number of hydrogen-bond donors (Lipinski definition) is 2. The van der Waals surface area contributed by atoms with E-state index in [0.717, 1.165) is 17.7 Å². The van der Waals surface area contributed by atoms with Gasteiger partial charge in [0.25, 0.3) is 0 Å². The van der Waals surface area contributed by atoms with E-state index in [4.69, 9.17) is 9.47 Å². The maximum absolute atomic E-state index is 12.0. The Kier molecular flexibility index (Phi) is 5.58. The van der Waals surface area contributed by atoms with E-state index in [1.807, 2.05) is 6.92 Å². The first-order valence-corrected chi connectivity index (χ1v) is 7.90. The van der Waals surface area contributed by atoms with Crippen molar-refractivity contribution in [2.45, 2.75) is 32.7 Å². The lowest BCUT2D eigenvalue weighted by atomic mass is 10.2. The highest BCUT2D eigenvalue weighted by Crippen LogP contribution is 2.29. The zero-order valence-electron chi connectivity index (χ0n) is 12.2. The number of aryl methyl sites for hydroxylation is 1. The van der Waals surface area contributed by atoms with E-state index in [-0.39, 0.29) is 12.1 Å². The summed E-state index contributed by atoms with van der Waals surface area (Å²) in [7, 11) is 0. The highest BCUT2D eigenvalue weighted by atomic mass is 32.1. The quantitative estimate of drug-likeness (QED) is 0.819. The Morgan fingerprint density at radius 2 is 2.29 bits per heavy atom. The standard InChI is InChI=1S/C14H20N2O4S/c1-3-10-7-11(13(17)20-4-2)12(21-10)16-14(18)15-9-5-6-19-8-9/h7,9H,3-6,8H2,1-2H3,(H2,15,16,18). The summed E-state index contributed by atoms with van der Waals surface area (Å²) in [5.74, 6) is -0.409. The molecule has 1 aromatic rings. The van der Waals surface area contributed by atoms with Gasteiger partial charge in [0.05, 0.1) is 24.8 Å². The van der Waals surface area contributed by atoms with Crippen LogP contribution in [-0.2, 0) is 15.9 Å². The fourth-order valence-electron chi connectivity index (χ4n) is 2.04. The SMILES string of the molecule is CCOC(=O)c1cc(CC)sc1NC(=O)NC1CCOC1. The molecule has 2 N–H and O–H groups in total. The molecule has 0 spiro atoms. The molecule has 0 aliphatic carbocycles. The Hall–Kier alpha value is -1.60. The number of esters is 1. The number of rotatable bonds is 5. The van der Waals surface area contributed by atoms with Crippen LogP contribution in [0.25, 0.3) is 0 Å². The molecule has 2 amide bonds. The van der Waals surface area contributed by atoms with Crippen LogP contribution in [0.5, 0.6) is 0 Å². The molecule has 0 bridgehead atoms. The van der Waals surface area contributed by atoms with Gasteiger partial charge < -0.3 is 14.8 Å². The summed E-state index contributed by atoms with van der Waals surface area (Å²) in [6.45, 7) is 5.26. The minimum atomic E-state index is -0.409. The molecule has 0 radical (unpaired) electrons. The second-order valence-electron chi connectivity index (χ2n) is 4.69. The van der Waals surface area contributed by atoms with Crippen LogP contribution in [0.15, 0.2) is 6.07 Å². The molecular formula is C14H20N2O4S. The van der Waals surface area contributed by atoms with Crippen molar-refractivity contribution < 1.29 is 19.1 Å². The van der Waals surface area contributed by atoms with Crippen molar-refractivity contribution in [2.24, 2.45) is 0 Å². The van der Waals surface area contributed by atoms with Crippen molar-refractivity contribution in [3.05, 3.63) is 16.5 Å². The zero-order chi connectivity index (χ0) is 15.2. The third-order valence-corrected chi connectivity index (χ3v) is 4.31. The summed E-state index contributed by atoms with van der Waals surface area (Å²) in [6.07, 6.45) is 1.61. The molecule has 116 valence electrons. The average Bonchev–Trinajstić information content (AvgIpc) is 3.08. The number of urea groups is 1. The Morgan fingerprint density at radius 1 is 1.48 bits per heavy atom. The second-order valence-corrected chi connectivity index (χ2v) is 5.83. The van der Waals surface area contributed by atoms with Gasteiger partial charge in [0.15, 0.2) is 0 Å². The zero-order valence-corrected chi connectivity index (χ0v) is 13.0. The highest BCUT2D eigenvalue weighted by molar-refractivity contribution is 7.16. The smallest absolute Gasteiger partial charge is 0.341 e. The molecule has 0 aromatic carbocycles. The van der Waals surface area contributed by atoms with Gasteiger partial charge in [-0.1, -0.05) is 6.92 Å². The van der Waals surface area contributed by atoms with Gasteiger partial charge in [-0.2, -0.15) is 0 Å². The minimum absolute atomic E-state index is 0.0293. The van der Waals surface area contributed by atoms with Crippen molar-refractivity contribution in [1.82, 2.24) is 5.32 Å². The van der Waals surface area contributed by atoms with E-state index in [1.54, 1.807) is 13.0 Å². The van der Waals surface area contributed by atoms with Gasteiger partial charge in [0.2, 0.25) is 0 Å². The van der Waals surface area contributed by atoms with E-state index in [2.05, 4.69) is 10.6 Å². The van der Waals surface area contributed by atoms with Crippen LogP contribution in [0.2, 0.25) is 0 Å². The van der Waals surface area contributed by atoms with Gasteiger partial charge in [-0.05, 0) is 25.8 Å². The minimum Gasteiger partial charge on any atom is -0.462 e. The monoisotopic (exact) mass is 312 g/mol. The molecule has 7 heteroatoms. The number of hydrogen-bond acceptors (Lipinski definition) is 5. The van der Waals surface area contributed by atoms with Gasteiger partial charge in [-0.3, -0.25) is 5.32 Å². The first-order chi connectivity index (χ1) is 10.1. The van der Waals surface area contributed by atoms with Crippen LogP contribution >= 0.6 is 11.3 Å². The van der Waals surface area contributed by atoms with Crippen molar-refractivity contribution >= 4 is 28.3 Å². The topological polar surface area (TPSA) is 76.7 Å². The van der Waals surface area contributed by atoms with Crippen molar-refractivity contribution in [3.8, 4) is 0 Å². The molecule has 6 nitrogen and oxygen atoms in total. The fraction of sp³-hybridized carbons (Fsp3) is 0.571. The van der Waals surface area contributed by atoms with Gasteiger partial charge in [0, 0.05) is 11.5 Å². The predicted octanol–water partition coefficient (Wildman–Crippen LogP) is 2.40. The number of carbonyl (C=O) groups is 2. The number of amides is 2. The van der Waals surface area contributed by atoms with Crippen LogP contribution in [0.4, 0.5) is 9.80 Å². The van der Waals surface area contributed by atoms with Crippen molar-refractivity contribution in [2.75, 3.05) is 25.1 Å². The van der Waals surface area contributed by atoms with Gasteiger partial charge in [-0.15, -0.1) is 11.3 Å². The summed E-state index contributed by atoms with van der Waals surface area (Å²) in [5, 5.41) is 6.11. The van der Waals surface area contributed by atoms with Crippen LogP contribution in [0, 0.1) is 0 Å². The van der Waals surface area contributed by atoms with E-state index < -0.39 is 5.97 Å². The molecule has 2 rings (SSSR count). The maximum Gasteiger partial charge on any atom is 0.341 e. The molecule has 1 aromatic heterocycles. The molecular weight excluding hydrogens is 292 g/mol. The summed E-state index contributed by atoms with van der Waals surface area (Å²) in [4.78, 5) is 24.9. The third-order valence-electron chi connectivity index (χ3n) is 3.12. The molecule has 1 aliphatic heterocycles. The van der Waals surface area contributed by atoms with Gasteiger partial charge in [0.1, 0.15) is 5.00 Å². The highest BCUT2D eigenvalue weighted by Gasteiger charge is 2.21. The first kappa shape index (κ1) is 15.8. The normalized spacial score (nSPS) is 17.5. The van der Waals surface area contributed by atoms with E-state index in [9.17, 15) is 9.59 Å². The molecule has 1 atom stereocenters. The number of ether oxygens (including phenoxy) is 2. The molecule has 21 heavy (non-hydrogen) atoms. The van der Waals surface area contributed by atoms with Crippen LogP contribution in [0.1, 0.15) is 35.5 Å². The van der Waals surface area contributed by atoms with E-state index >= 15 is 0 Å². The molecule has 1 aliphatic rings. The lowest BCUT2D eigenvalue weighted by Gasteiger charge is -2.11. The van der Waals surface area contributed by atoms with Crippen LogP contribution in [0.3, 0.4) is 0 Å². The van der Waals surface area contributed by atoms with Gasteiger partial charge >= 0.3 is 12.0 Å². The maximum atomic E-state index is 12.0. The first-order valence-electron chi connectivity index (χ1n) is 7.09. The number of thiophene rings is 1. The van der Waals surface area contributed by atoms with Crippen molar-refractivity contribution in [3.63, 3.8) is 0 Å². The Bertz CT molecular complexity index is 509. The predicted molar refractivity (Wildman–Crippen MR) is 81.0 cm³/mol. The summed E-state index contributed by atoms with van der Waals surface area (Å²) < 4.78 is 10.2. The Morgan fingerprint density at radius 3 is 2.90 bits per heavy atom. The molecule has 2 heterocycles. The van der Waals surface area contributed by atoms with E-state index in [0.29, 0.717) is 30.4 Å². The largest absolute Gasteiger partial charge is 0.462 e. The third kappa shape index (κ3) is 4.18. The average molecular weight is 312 g/mol. The number of nitrogens with one attached hydrogen (secondary N) is 2. The van der Waals surface area contributed by atoms with Gasteiger partial charge in [-0.25, -0.2) is 9.59 Å². The number of anilines is 1. The summed E-state index contributed by atoms with van der Waals surface area (Å²) in [6, 6.07) is 1.49. The summed E-state index contributed by atoms with van der Waals surface area (Å²) in [5.41, 5.74) is 0.413. The Labute approximate surface area is 127 Å². The fourth-order valence-corrected chi connectivity index (χ4v) is 3.02. The van der Waals surface area contributed by atoms with Crippen LogP contribution < -0.4 is 10.6 Å². The summed E-state index contributed by atoms with van der Waals surface area (Å²) >= 11 is 1.40. The molecule has 1 fully saturated rings. The Balaban J connectivity index is 2.04. The van der Waals surface area contributed by atoms with Crippen molar-refractivity contribution in [1.29, 1.82) is 0 Å². The molecule has 1 saturated heterocycles. The lowest BCUT2D eigenvalue weighted by Crippen LogP contribution is -2.38. The van der Waals surface area contributed by atoms with E-state index in [1.165, 1.54) is 11.3 Å². The molecule has 0 saturated carbocycles. The molecule has 1 unspecified atom stereocenters. The lowest BCUT2D eigenvalue weighted by molar-refractivity contribution is 0.0528. The second kappa shape index (κ2) is 7.42. The van der Waals surface area contributed by atoms with Crippen LogP contribution in [-0.4, -0.2) is 37.9 Å². The number of carbonyl (C=O) groups excluding carboxylic acids is 2.